The predicted molar refractivity (Wildman–Crippen MR) is 133 cm³/mol. The first-order valence-corrected chi connectivity index (χ1v) is 11.6. The van der Waals surface area contributed by atoms with E-state index >= 15 is 0 Å². The van der Waals surface area contributed by atoms with E-state index in [1.54, 1.807) is 0 Å². The fraction of sp³-hybridized carbons (Fsp3) is 0.458. The highest BCUT2D eigenvalue weighted by Crippen LogP contribution is 2.22. The summed E-state index contributed by atoms with van der Waals surface area (Å²) in [4.78, 5) is 4.74. The van der Waals surface area contributed by atoms with Crippen molar-refractivity contribution in [2.24, 2.45) is 7.05 Å². The van der Waals surface area contributed by atoms with Crippen molar-refractivity contribution in [3.8, 4) is 0 Å². The quantitative estimate of drug-likeness (QED) is 0.600. The molecule has 0 amide bonds. The maximum atomic E-state index is 5.77. The zero-order chi connectivity index (χ0) is 22.8. The summed E-state index contributed by atoms with van der Waals surface area (Å²) >= 11 is 5.77. The van der Waals surface area contributed by atoms with Crippen molar-refractivity contribution >= 4 is 23.0 Å². The average molecular weight is 452 g/mol. The number of benzene rings is 1. The van der Waals surface area contributed by atoms with Crippen LogP contribution < -0.4 is 5.32 Å². The molecule has 0 radical (unpaired) electrons. The molecule has 3 heterocycles. The Morgan fingerprint density at radius 1 is 0.938 bits per heavy atom. The summed E-state index contributed by atoms with van der Waals surface area (Å²) in [6.45, 7) is 13.9. The molecule has 32 heavy (non-hydrogen) atoms. The van der Waals surface area contributed by atoms with Crippen molar-refractivity contribution in [2.75, 3.05) is 31.5 Å². The molecular formula is C24H33N7S. The Hall–Kier alpha value is -2.71. The van der Waals surface area contributed by atoms with Crippen LogP contribution in [0, 0.1) is 27.7 Å². The lowest BCUT2D eigenvalue weighted by Crippen LogP contribution is -2.49. The van der Waals surface area contributed by atoms with Gasteiger partial charge in [-0.3, -0.25) is 14.3 Å². The van der Waals surface area contributed by atoms with E-state index in [-0.39, 0.29) is 0 Å². The third-order valence-corrected chi connectivity index (χ3v) is 6.72. The number of anilines is 1. The van der Waals surface area contributed by atoms with Crippen molar-refractivity contribution in [2.45, 2.75) is 40.8 Å². The highest BCUT2D eigenvalue weighted by molar-refractivity contribution is 7.80. The smallest absolute Gasteiger partial charge is 0.173 e. The largest absolute Gasteiger partial charge is 0.346 e. The number of hydrogen-bond acceptors (Lipinski definition) is 4. The van der Waals surface area contributed by atoms with Gasteiger partial charge in [0.15, 0.2) is 5.11 Å². The molecule has 3 aromatic rings. The molecule has 1 saturated heterocycles. The maximum Gasteiger partial charge on any atom is 0.173 e. The van der Waals surface area contributed by atoms with Gasteiger partial charge in [-0.2, -0.15) is 10.2 Å². The van der Waals surface area contributed by atoms with Crippen LogP contribution in [-0.2, 0) is 20.1 Å². The third kappa shape index (κ3) is 4.86. The number of hydrogen-bond donors (Lipinski definition) is 1. The SMILES string of the molecule is Cc1ccccc1Cn1nc(C)c(NC(=S)N2CCN(Cc3cn(C)nc3C)CC2)c1C. The molecular weight excluding hydrogens is 418 g/mol. The molecule has 1 aromatic carbocycles. The molecule has 1 fully saturated rings. The number of rotatable bonds is 5. The van der Waals surface area contributed by atoms with E-state index < -0.39 is 0 Å². The molecule has 2 aromatic heterocycles. The average Bonchev–Trinajstić information content (AvgIpc) is 3.22. The van der Waals surface area contributed by atoms with Gasteiger partial charge in [0, 0.05) is 51.5 Å². The van der Waals surface area contributed by atoms with Crippen LogP contribution in [0.4, 0.5) is 5.69 Å². The van der Waals surface area contributed by atoms with Gasteiger partial charge in [0.2, 0.25) is 0 Å². The Bertz CT molecular complexity index is 1110. The van der Waals surface area contributed by atoms with Crippen LogP contribution in [0.5, 0.6) is 0 Å². The summed E-state index contributed by atoms with van der Waals surface area (Å²) in [7, 11) is 1.98. The molecule has 170 valence electrons. The van der Waals surface area contributed by atoms with Gasteiger partial charge < -0.3 is 10.2 Å². The second kappa shape index (κ2) is 9.42. The molecule has 8 heteroatoms. The van der Waals surface area contributed by atoms with Gasteiger partial charge in [-0.05, 0) is 51.0 Å². The van der Waals surface area contributed by atoms with Gasteiger partial charge in [-0.15, -0.1) is 0 Å². The Labute approximate surface area is 196 Å². The number of piperazine rings is 1. The second-order valence-corrected chi connectivity index (χ2v) is 9.12. The lowest BCUT2D eigenvalue weighted by atomic mass is 10.1. The van der Waals surface area contributed by atoms with Crippen LogP contribution in [0.3, 0.4) is 0 Å². The van der Waals surface area contributed by atoms with E-state index in [4.69, 9.17) is 17.3 Å². The standard InChI is InChI=1S/C24H33N7S/c1-17-8-6-7-9-21(17)16-31-20(4)23(19(3)27-31)25-24(32)30-12-10-29(11-13-30)15-22-14-28(5)26-18(22)2/h6-9,14H,10-13,15-16H2,1-5H3,(H,25,32). The number of nitrogens with zero attached hydrogens (tertiary/aromatic N) is 6. The van der Waals surface area contributed by atoms with E-state index in [0.29, 0.717) is 0 Å². The summed E-state index contributed by atoms with van der Waals surface area (Å²) in [5.74, 6) is 0. The molecule has 0 atom stereocenters. The van der Waals surface area contributed by atoms with E-state index in [2.05, 4.69) is 76.1 Å². The molecule has 1 N–H and O–H groups in total. The zero-order valence-corrected chi connectivity index (χ0v) is 20.5. The first kappa shape index (κ1) is 22.5. The van der Waals surface area contributed by atoms with Gasteiger partial charge in [0.05, 0.1) is 29.3 Å². The summed E-state index contributed by atoms with van der Waals surface area (Å²) in [5, 5.41) is 13.5. The molecule has 7 nitrogen and oxygen atoms in total. The third-order valence-electron chi connectivity index (χ3n) is 6.36. The van der Waals surface area contributed by atoms with E-state index in [0.717, 1.165) is 67.2 Å². The summed E-state index contributed by atoms with van der Waals surface area (Å²) < 4.78 is 3.96. The minimum atomic E-state index is 0.764. The molecule has 0 bridgehead atoms. The maximum absolute atomic E-state index is 5.77. The van der Waals surface area contributed by atoms with Gasteiger partial charge >= 0.3 is 0 Å². The lowest BCUT2D eigenvalue weighted by molar-refractivity contribution is 0.176. The van der Waals surface area contributed by atoms with Crippen LogP contribution in [0.25, 0.3) is 0 Å². The van der Waals surface area contributed by atoms with E-state index in [1.165, 1.54) is 16.7 Å². The fourth-order valence-corrected chi connectivity index (χ4v) is 4.61. The predicted octanol–water partition coefficient (Wildman–Crippen LogP) is 3.41. The Balaban J connectivity index is 1.36. The van der Waals surface area contributed by atoms with Gasteiger partial charge in [0.1, 0.15) is 0 Å². The Kier molecular flexibility index (Phi) is 6.62. The molecule has 1 aliphatic heterocycles. The monoisotopic (exact) mass is 451 g/mol. The number of aryl methyl sites for hydroxylation is 4. The topological polar surface area (TPSA) is 54.2 Å². The minimum absolute atomic E-state index is 0.764. The van der Waals surface area contributed by atoms with Crippen molar-refractivity contribution in [3.05, 3.63) is 64.2 Å². The van der Waals surface area contributed by atoms with Crippen LogP contribution >= 0.6 is 12.2 Å². The van der Waals surface area contributed by atoms with Gasteiger partial charge in [-0.1, -0.05) is 24.3 Å². The number of thiocarbonyl (C=S) groups is 1. The van der Waals surface area contributed by atoms with Crippen LogP contribution in [0.1, 0.15) is 33.8 Å². The summed E-state index contributed by atoms with van der Waals surface area (Å²) in [6, 6.07) is 8.46. The van der Waals surface area contributed by atoms with E-state index in [9.17, 15) is 0 Å². The molecule has 0 aliphatic carbocycles. The van der Waals surface area contributed by atoms with Crippen molar-refractivity contribution in [1.29, 1.82) is 0 Å². The second-order valence-electron chi connectivity index (χ2n) is 8.74. The van der Waals surface area contributed by atoms with E-state index in [1.807, 2.05) is 18.7 Å². The fourth-order valence-electron chi connectivity index (χ4n) is 4.32. The Morgan fingerprint density at radius 2 is 1.66 bits per heavy atom. The molecule has 0 unspecified atom stereocenters. The number of nitrogens with one attached hydrogen (secondary N) is 1. The van der Waals surface area contributed by atoms with Crippen LogP contribution in [0.2, 0.25) is 0 Å². The first-order chi connectivity index (χ1) is 15.3. The first-order valence-electron chi connectivity index (χ1n) is 11.2. The molecule has 4 rings (SSSR count). The highest BCUT2D eigenvalue weighted by atomic mass is 32.1. The van der Waals surface area contributed by atoms with Crippen molar-refractivity contribution < 1.29 is 0 Å². The minimum Gasteiger partial charge on any atom is -0.346 e. The van der Waals surface area contributed by atoms with Crippen molar-refractivity contribution in [1.82, 2.24) is 29.4 Å². The van der Waals surface area contributed by atoms with Crippen LogP contribution in [0.15, 0.2) is 30.5 Å². The molecule has 0 saturated carbocycles. The van der Waals surface area contributed by atoms with Crippen LogP contribution in [-0.4, -0.2) is 60.7 Å². The summed E-state index contributed by atoms with van der Waals surface area (Å²) in [5.41, 5.74) is 8.09. The highest BCUT2D eigenvalue weighted by Gasteiger charge is 2.22. The normalized spacial score (nSPS) is 14.7. The Morgan fingerprint density at radius 3 is 2.31 bits per heavy atom. The molecule has 1 aliphatic rings. The van der Waals surface area contributed by atoms with Crippen molar-refractivity contribution in [3.63, 3.8) is 0 Å². The zero-order valence-electron chi connectivity index (χ0n) is 19.7. The van der Waals surface area contributed by atoms with Gasteiger partial charge in [-0.25, -0.2) is 0 Å². The lowest BCUT2D eigenvalue weighted by Gasteiger charge is -2.36. The van der Waals surface area contributed by atoms with Gasteiger partial charge in [0.25, 0.3) is 0 Å². The summed E-state index contributed by atoms with van der Waals surface area (Å²) in [6.07, 6.45) is 2.12. The number of aromatic nitrogens is 4. The molecule has 0 spiro atoms.